The molecule has 0 aliphatic rings. The van der Waals surface area contributed by atoms with E-state index in [9.17, 15) is 0 Å². The van der Waals surface area contributed by atoms with Gasteiger partial charge in [-0.05, 0) is 87.5 Å². The van der Waals surface area contributed by atoms with Gasteiger partial charge in [0.15, 0.2) is 0 Å². The molecule has 0 unspecified atom stereocenters. The van der Waals surface area contributed by atoms with Crippen molar-refractivity contribution >= 4 is 23.3 Å². The second-order valence-corrected chi connectivity index (χ2v) is 23.7. The van der Waals surface area contributed by atoms with Crippen LogP contribution in [0.25, 0.3) is 0 Å². The lowest BCUT2D eigenvalue weighted by Gasteiger charge is -2.08. The van der Waals surface area contributed by atoms with E-state index in [0.29, 0.717) is 0 Å². The lowest BCUT2D eigenvalue weighted by Crippen LogP contribution is -2.01. The van der Waals surface area contributed by atoms with Crippen molar-refractivity contribution in [2.24, 2.45) is 9.98 Å². The van der Waals surface area contributed by atoms with Gasteiger partial charge in [0.1, 0.15) is 0 Å². The normalized spacial score (nSPS) is 12.2. The zero-order valence-corrected chi connectivity index (χ0v) is 51.4. The molecule has 0 aliphatic carbocycles. The first-order valence-corrected chi connectivity index (χ1v) is 34.4. The number of aliphatic imine (C=N–C) groups is 2. The van der Waals surface area contributed by atoms with Gasteiger partial charge < -0.3 is 0 Å². The van der Waals surface area contributed by atoms with Crippen LogP contribution in [0.3, 0.4) is 0 Å². The minimum absolute atomic E-state index is 0.980. The summed E-state index contributed by atoms with van der Waals surface area (Å²) in [5.41, 5.74) is 6.02. The van der Waals surface area contributed by atoms with Crippen molar-refractivity contribution in [2.45, 2.75) is 361 Å². The summed E-state index contributed by atoms with van der Waals surface area (Å²) in [7, 11) is 0. The zero-order chi connectivity index (χ0) is 54.0. The number of nitrogens with zero attached hydrogens (tertiary/aromatic N) is 2. The van der Waals surface area contributed by atoms with Crippen LogP contribution in [0.4, 0.5) is 11.4 Å². The average Bonchev–Trinajstić information content (AvgIpc) is 3.44. The van der Waals surface area contributed by atoms with Crippen LogP contribution in [0.1, 0.15) is 359 Å². The molecular weight excluding hydrogens is 917 g/mol. The highest BCUT2D eigenvalue weighted by Crippen LogP contribution is 2.25. The highest BCUT2D eigenvalue weighted by Gasteiger charge is 2.06. The molecule has 0 aromatic heterocycles. The van der Waals surface area contributed by atoms with Crippen molar-refractivity contribution in [2.75, 3.05) is 0 Å². The molecule has 0 aliphatic heterocycles. The smallest absolute Gasteiger partial charge is 0.0665 e. The van der Waals surface area contributed by atoms with Crippen LogP contribution >= 0.6 is 0 Å². The fourth-order valence-electron chi connectivity index (χ4n) is 11.2. The highest BCUT2D eigenvalue weighted by atomic mass is 14.8. The molecule has 0 radical (unpaired) electrons. The molecule has 0 bridgehead atoms. The Morgan fingerprint density at radius 3 is 0.895 bits per heavy atom. The van der Waals surface area contributed by atoms with Gasteiger partial charge >= 0.3 is 0 Å². The van der Waals surface area contributed by atoms with Crippen molar-refractivity contribution < 1.29 is 0 Å². The predicted molar refractivity (Wildman–Crippen MR) is 346 cm³/mol. The van der Waals surface area contributed by atoms with E-state index in [1.165, 1.54) is 319 Å². The van der Waals surface area contributed by atoms with Gasteiger partial charge in [-0.25, -0.2) is 0 Å². The fraction of sp³-hybridized carbons (Fsp3) is 0.757. The van der Waals surface area contributed by atoms with Crippen molar-refractivity contribution in [1.29, 1.82) is 0 Å². The topological polar surface area (TPSA) is 24.7 Å². The van der Waals surface area contributed by atoms with E-state index in [2.05, 4.69) is 99.8 Å². The van der Waals surface area contributed by atoms with Crippen LogP contribution in [0, 0.1) is 0 Å². The van der Waals surface area contributed by atoms with E-state index in [-0.39, 0.29) is 0 Å². The van der Waals surface area contributed by atoms with Gasteiger partial charge in [0.05, 0.1) is 17.1 Å². The third-order valence-electron chi connectivity index (χ3n) is 16.3. The lowest BCUT2D eigenvalue weighted by molar-refractivity contribution is 0.522. The van der Waals surface area contributed by atoms with Crippen molar-refractivity contribution in [3.05, 3.63) is 84.0 Å². The third kappa shape index (κ3) is 45.2. The number of rotatable bonds is 58. The highest BCUT2D eigenvalue weighted by molar-refractivity contribution is 6.31. The Balaban J connectivity index is 1.63. The summed E-state index contributed by atoms with van der Waals surface area (Å²) < 4.78 is 0. The van der Waals surface area contributed by atoms with Crippen LogP contribution in [0.15, 0.2) is 82.8 Å². The molecule has 0 N–H and O–H groups in total. The summed E-state index contributed by atoms with van der Waals surface area (Å²) in [5, 5.41) is 0. The second-order valence-electron chi connectivity index (χ2n) is 23.7. The standard InChI is InChI=1S/C74H128N2/c1-4-7-10-13-16-18-20-22-24-26-28-30-32-34-36-38-40-42-44-46-48-50-52-55-62-70-64-58-60-67-73(70)75-69-72(66-57-54-15-12-9-6-3)76-74-68-61-59-65-71(74)63-56-53-51-49-47-45-43-41-39-37-35-33-31-29-27-25-23-21-19-17-14-11-8-5-2/h50-53,58-61,64-65,67-69H,4-49,54-57,62-63,66H2,1-3H3. The minimum Gasteiger partial charge on any atom is -0.255 e. The van der Waals surface area contributed by atoms with Crippen LogP contribution in [0.5, 0.6) is 0 Å². The van der Waals surface area contributed by atoms with Crippen LogP contribution in [-0.4, -0.2) is 11.9 Å². The van der Waals surface area contributed by atoms with Crippen molar-refractivity contribution in [3.63, 3.8) is 0 Å². The average molecular weight is 1050 g/mol. The van der Waals surface area contributed by atoms with Gasteiger partial charge in [-0.3, -0.25) is 9.98 Å². The first kappa shape index (κ1) is 69.4. The molecule has 0 fully saturated rings. The number of hydrogen-bond donors (Lipinski definition) is 0. The van der Waals surface area contributed by atoms with E-state index in [1.54, 1.807) is 0 Å². The quantitative estimate of drug-likeness (QED) is 0.0358. The van der Waals surface area contributed by atoms with E-state index < -0.39 is 0 Å². The molecule has 434 valence electrons. The maximum absolute atomic E-state index is 5.34. The second kappa shape index (κ2) is 57.0. The molecule has 0 heterocycles. The van der Waals surface area contributed by atoms with E-state index >= 15 is 0 Å². The Kier molecular flexibility index (Phi) is 52.0. The minimum atomic E-state index is 0.980. The molecule has 0 atom stereocenters. The van der Waals surface area contributed by atoms with Gasteiger partial charge in [-0.15, -0.1) is 0 Å². The molecule has 0 saturated carbocycles. The van der Waals surface area contributed by atoms with Crippen LogP contribution in [-0.2, 0) is 12.8 Å². The lowest BCUT2D eigenvalue weighted by atomic mass is 10.0. The maximum atomic E-state index is 5.34. The summed E-state index contributed by atoms with van der Waals surface area (Å²) in [6.07, 6.45) is 84.8. The number of allylic oxidation sites excluding steroid dienone is 4. The first-order valence-electron chi connectivity index (χ1n) is 34.4. The molecule has 76 heavy (non-hydrogen) atoms. The summed E-state index contributed by atoms with van der Waals surface area (Å²) in [6.45, 7) is 6.92. The molecule has 2 aromatic rings. The zero-order valence-electron chi connectivity index (χ0n) is 51.4. The number of benzene rings is 2. The summed E-state index contributed by atoms with van der Waals surface area (Å²) >= 11 is 0. The first-order chi connectivity index (χ1) is 37.8. The molecule has 0 saturated heterocycles. The van der Waals surface area contributed by atoms with E-state index in [0.717, 1.165) is 49.2 Å². The SMILES string of the molecule is CCCCCCCCCCCCCCCCCCCCCCC=CCCc1ccccc1N=CC(CCCCCCCC)=Nc1ccccc1CCC=CCCCCCCCCCCCCCCCCCCCCCC. The van der Waals surface area contributed by atoms with Gasteiger partial charge in [0.2, 0.25) is 0 Å². The predicted octanol–water partition coefficient (Wildman–Crippen LogP) is 26.3. The monoisotopic (exact) mass is 1050 g/mol. The number of aryl methyl sites for hydroxylation is 2. The Hall–Kier alpha value is -2.74. The fourth-order valence-corrected chi connectivity index (χ4v) is 11.2. The van der Waals surface area contributed by atoms with E-state index in [1.807, 2.05) is 0 Å². The van der Waals surface area contributed by atoms with E-state index in [4.69, 9.17) is 9.98 Å². The molecule has 0 amide bonds. The molecule has 2 aromatic carbocycles. The van der Waals surface area contributed by atoms with Gasteiger partial charge in [-0.2, -0.15) is 0 Å². The van der Waals surface area contributed by atoms with Crippen molar-refractivity contribution in [3.8, 4) is 0 Å². The number of unbranched alkanes of at least 4 members (excludes halogenated alkanes) is 45. The molecular formula is C74H128N2. The molecule has 2 heteroatoms. The number of para-hydroxylation sites is 2. The van der Waals surface area contributed by atoms with Gasteiger partial charge in [-0.1, -0.05) is 358 Å². The third-order valence-corrected chi connectivity index (χ3v) is 16.3. The number of hydrogen-bond acceptors (Lipinski definition) is 2. The summed E-state index contributed by atoms with van der Waals surface area (Å²) in [5.74, 6) is 0. The van der Waals surface area contributed by atoms with Crippen LogP contribution < -0.4 is 0 Å². The largest absolute Gasteiger partial charge is 0.255 e. The summed E-state index contributed by atoms with van der Waals surface area (Å²) in [4.78, 5) is 10.5. The van der Waals surface area contributed by atoms with Gasteiger partial charge in [0, 0.05) is 6.21 Å². The Bertz CT molecular complexity index is 1610. The van der Waals surface area contributed by atoms with Crippen molar-refractivity contribution in [1.82, 2.24) is 0 Å². The van der Waals surface area contributed by atoms with Gasteiger partial charge in [0.25, 0.3) is 0 Å². The molecule has 2 rings (SSSR count). The maximum Gasteiger partial charge on any atom is 0.0665 e. The molecule has 0 spiro atoms. The Morgan fingerprint density at radius 2 is 0.553 bits per heavy atom. The Labute approximate surface area is 476 Å². The molecule has 2 nitrogen and oxygen atoms in total. The Morgan fingerprint density at radius 1 is 0.289 bits per heavy atom. The summed E-state index contributed by atoms with van der Waals surface area (Å²) in [6, 6.07) is 17.6. The van der Waals surface area contributed by atoms with Crippen LogP contribution in [0.2, 0.25) is 0 Å².